The Morgan fingerprint density at radius 2 is 1.94 bits per heavy atom. The Hall–Kier alpha value is -1.09. The molecule has 1 aromatic rings. The molecule has 2 atom stereocenters. The first-order valence-corrected chi connectivity index (χ1v) is 6.77. The third-order valence-corrected chi connectivity index (χ3v) is 3.72. The first-order valence-electron chi connectivity index (χ1n) is 6.77. The molecule has 0 aliphatic carbocycles. The zero-order chi connectivity index (χ0) is 13.7. The highest BCUT2D eigenvalue weighted by molar-refractivity contribution is 5.54. The molecule has 2 N–H and O–H groups in total. The molecule has 102 valence electrons. The van der Waals surface area contributed by atoms with E-state index in [1.165, 1.54) is 6.07 Å². The third kappa shape index (κ3) is 3.45. The van der Waals surface area contributed by atoms with Gasteiger partial charge in [-0.3, -0.25) is 0 Å². The van der Waals surface area contributed by atoms with Crippen molar-refractivity contribution in [2.75, 3.05) is 11.9 Å². The van der Waals surface area contributed by atoms with Crippen LogP contribution in [0.2, 0.25) is 0 Å². The van der Waals surface area contributed by atoms with Crippen LogP contribution in [0.4, 0.5) is 10.1 Å². The molecule has 0 heterocycles. The van der Waals surface area contributed by atoms with E-state index in [1.807, 2.05) is 20.0 Å². The smallest absolute Gasteiger partial charge is 0.128 e. The highest BCUT2D eigenvalue weighted by Crippen LogP contribution is 2.26. The van der Waals surface area contributed by atoms with Gasteiger partial charge in [0.05, 0.1) is 0 Å². The van der Waals surface area contributed by atoms with Crippen LogP contribution in [0, 0.1) is 5.82 Å². The number of halogens is 1. The molecule has 0 radical (unpaired) electrons. The molecule has 0 spiro atoms. The number of anilines is 1. The first kappa shape index (κ1) is 15.0. The fourth-order valence-corrected chi connectivity index (χ4v) is 2.00. The number of hydrogen-bond acceptors (Lipinski definition) is 2. The second-order valence-corrected chi connectivity index (χ2v) is 4.98. The molecular formula is C15H25FN2. The van der Waals surface area contributed by atoms with E-state index in [9.17, 15) is 4.39 Å². The van der Waals surface area contributed by atoms with Crippen LogP contribution in [0.15, 0.2) is 18.2 Å². The molecule has 18 heavy (non-hydrogen) atoms. The van der Waals surface area contributed by atoms with Crippen molar-refractivity contribution in [1.82, 2.24) is 0 Å². The Balaban J connectivity index is 3.07. The highest BCUT2D eigenvalue weighted by Gasteiger charge is 2.16. The normalized spacial score (nSPS) is 14.3. The largest absolute Gasteiger partial charge is 0.372 e. The molecule has 0 aromatic heterocycles. The van der Waals surface area contributed by atoms with E-state index in [0.29, 0.717) is 12.5 Å². The van der Waals surface area contributed by atoms with E-state index < -0.39 is 0 Å². The van der Waals surface area contributed by atoms with Gasteiger partial charge in [0.1, 0.15) is 5.82 Å². The van der Waals surface area contributed by atoms with Crippen LogP contribution >= 0.6 is 0 Å². The molecule has 0 amide bonds. The van der Waals surface area contributed by atoms with Crippen molar-refractivity contribution in [1.29, 1.82) is 0 Å². The Labute approximate surface area is 110 Å². The van der Waals surface area contributed by atoms with Crippen molar-refractivity contribution >= 4 is 5.69 Å². The van der Waals surface area contributed by atoms with Gasteiger partial charge < -0.3 is 10.6 Å². The molecule has 2 unspecified atom stereocenters. The van der Waals surface area contributed by atoms with Gasteiger partial charge >= 0.3 is 0 Å². The summed E-state index contributed by atoms with van der Waals surface area (Å²) in [6.45, 7) is 6.32. The van der Waals surface area contributed by atoms with Gasteiger partial charge in [-0.2, -0.15) is 0 Å². The summed E-state index contributed by atoms with van der Waals surface area (Å²) in [6.07, 6.45) is 2.49. The Bertz CT molecular complexity index is 379. The van der Waals surface area contributed by atoms with Crippen molar-refractivity contribution in [2.24, 2.45) is 5.73 Å². The van der Waals surface area contributed by atoms with Gasteiger partial charge in [-0.05, 0) is 38.3 Å². The average molecular weight is 252 g/mol. The van der Waals surface area contributed by atoms with Gasteiger partial charge in [-0.15, -0.1) is 0 Å². The number of benzene rings is 1. The van der Waals surface area contributed by atoms with Gasteiger partial charge in [0.15, 0.2) is 0 Å². The molecule has 1 aromatic carbocycles. The van der Waals surface area contributed by atoms with Gasteiger partial charge in [0, 0.05) is 30.4 Å². The standard InChI is InChI=1S/C15H25FN2/c1-5-11(3)18(4)15-9-7-8-14(16)13(15)10-12(17)6-2/h7-9,11-12H,5-6,10,17H2,1-4H3. The quantitative estimate of drug-likeness (QED) is 0.841. The predicted molar refractivity (Wildman–Crippen MR) is 76.5 cm³/mol. The van der Waals surface area contributed by atoms with Crippen LogP contribution in [0.1, 0.15) is 39.2 Å². The summed E-state index contributed by atoms with van der Waals surface area (Å²) in [5.74, 6) is -0.147. The fraction of sp³-hybridized carbons (Fsp3) is 0.600. The van der Waals surface area contributed by atoms with E-state index in [-0.39, 0.29) is 11.9 Å². The number of nitrogens with zero attached hydrogens (tertiary/aromatic N) is 1. The van der Waals surface area contributed by atoms with Crippen LogP contribution in [-0.2, 0) is 6.42 Å². The molecule has 0 saturated heterocycles. The maximum Gasteiger partial charge on any atom is 0.128 e. The number of hydrogen-bond donors (Lipinski definition) is 1. The van der Waals surface area contributed by atoms with Gasteiger partial charge in [-0.1, -0.05) is 19.9 Å². The average Bonchev–Trinajstić information content (AvgIpc) is 2.39. The minimum atomic E-state index is -0.147. The van der Waals surface area contributed by atoms with E-state index in [1.54, 1.807) is 6.07 Å². The topological polar surface area (TPSA) is 29.3 Å². The van der Waals surface area contributed by atoms with Crippen molar-refractivity contribution in [2.45, 2.75) is 52.1 Å². The molecule has 2 nitrogen and oxygen atoms in total. The fourth-order valence-electron chi connectivity index (χ4n) is 2.00. The summed E-state index contributed by atoms with van der Waals surface area (Å²) < 4.78 is 14.0. The van der Waals surface area contributed by atoms with Crippen LogP contribution in [0.5, 0.6) is 0 Å². The van der Waals surface area contributed by atoms with Crippen molar-refractivity contribution < 1.29 is 4.39 Å². The van der Waals surface area contributed by atoms with E-state index in [4.69, 9.17) is 5.73 Å². The lowest BCUT2D eigenvalue weighted by Gasteiger charge is -2.29. The predicted octanol–water partition coefficient (Wildman–Crippen LogP) is 3.34. The molecule has 0 aliphatic heterocycles. The van der Waals surface area contributed by atoms with Crippen molar-refractivity contribution in [3.05, 3.63) is 29.6 Å². The molecule has 0 saturated carbocycles. The van der Waals surface area contributed by atoms with Crippen molar-refractivity contribution in [3.8, 4) is 0 Å². The zero-order valence-electron chi connectivity index (χ0n) is 11.9. The molecule has 3 heteroatoms. The first-order chi connectivity index (χ1) is 8.51. The second-order valence-electron chi connectivity index (χ2n) is 4.98. The molecule has 0 aliphatic rings. The molecule has 0 fully saturated rings. The Morgan fingerprint density at radius 1 is 1.28 bits per heavy atom. The molecular weight excluding hydrogens is 227 g/mol. The van der Waals surface area contributed by atoms with Crippen LogP contribution in [0.25, 0.3) is 0 Å². The monoisotopic (exact) mass is 252 g/mol. The lowest BCUT2D eigenvalue weighted by Crippen LogP contribution is -2.30. The molecule has 0 bridgehead atoms. The summed E-state index contributed by atoms with van der Waals surface area (Å²) in [4.78, 5) is 2.14. The molecule has 1 rings (SSSR count). The van der Waals surface area contributed by atoms with Crippen LogP contribution in [-0.4, -0.2) is 19.1 Å². The Kier molecular flexibility index (Phi) is 5.60. The van der Waals surface area contributed by atoms with Crippen molar-refractivity contribution in [3.63, 3.8) is 0 Å². The minimum Gasteiger partial charge on any atom is -0.372 e. The maximum atomic E-state index is 14.0. The van der Waals surface area contributed by atoms with E-state index in [2.05, 4.69) is 18.7 Å². The van der Waals surface area contributed by atoms with Crippen LogP contribution in [0.3, 0.4) is 0 Å². The maximum absolute atomic E-state index is 14.0. The lowest BCUT2D eigenvalue weighted by molar-refractivity contribution is 0.573. The third-order valence-electron chi connectivity index (χ3n) is 3.72. The van der Waals surface area contributed by atoms with Gasteiger partial charge in [0.2, 0.25) is 0 Å². The summed E-state index contributed by atoms with van der Waals surface area (Å²) in [6, 6.07) is 5.68. The second kappa shape index (κ2) is 6.74. The SMILES string of the molecule is CCC(N)Cc1c(F)cccc1N(C)C(C)CC. The van der Waals surface area contributed by atoms with Gasteiger partial charge in [0.25, 0.3) is 0 Å². The highest BCUT2D eigenvalue weighted by atomic mass is 19.1. The summed E-state index contributed by atoms with van der Waals surface area (Å²) in [5, 5.41) is 0. The minimum absolute atomic E-state index is 0.0194. The number of nitrogens with two attached hydrogens (primary N) is 1. The van der Waals surface area contributed by atoms with Gasteiger partial charge in [-0.25, -0.2) is 4.39 Å². The van der Waals surface area contributed by atoms with E-state index in [0.717, 1.165) is 24.1 Å². The summed E-state index contributed by atoms with van der Waals surface area (Å²) >= 11 is 0. The van der Waals surface area contributed by atoms with Crippen LogP contribution < -0.4 is 10.6 Å². The summed E-state index contributed by atoms with van der Waals surface area (Å²) in [7, 11) is 2.02. The lowest BCUT2D eigenvalue weighted by atomic mass is 10.0. The zero-order valence-corrected chi connectivity index (χ0v) is 11.9. The Morgan fingerprint density at radius 3 is 2.50 bits per heavy atom. The summed E-state index contributed by atoms with van der Waals surface area (Å²) in [5.41, 5.74) is 7.68. The van der Waals surface area contributed by atoms with E-state index >= 15 is 0 Å². The number of rotatable bonds is 6.